The van der Waals surface area contributed by atoms with Gasteiger partial charge in [0, 0.05) is 10.0 Å². The Bertz CT molecular complexity index is 1200. The van der Waals surface area contributed by atoms with Crippen molar-refractivity contribution in [1.82, 2.24) is 4.90 Å². The van der Waals surface area contributed by atoms with Crippen molar-refractivity contribution in [2.45, 2.75) is 13.2 Å². The predicted octanol–water partition coefficient (Wildman–Crippen LogP) is 7.41. The molecule has 1 saturated heterocycles. The van der Waals surface area contributed by atoms with E-state index >= 15 is 0 Å². The van der Waals surface area contributed by atoms with Gasteiger partial charge in [0.1, 0.15) is 12.4 Å². The van der Waals surface area contributed by atoms with Gasteiger partial charge in [0.05, 0.1) is 15.0 Å². The molecule has 0 atom stereocenters. The summed E-state index contributed by atoms with van der Waals surface area (Å²) in [7, 11) is 0. The molecule has 0 saturated carbocycles. The Kier molecular flexibility index (Phi) is 7.45. The van der Waals surface area contributed by atoms with E-state index in [1.54, 1.807) is 30.3 Å². The van der Waals surface area contributed by atoms with Crippen molar-refractivity contribution in [2.24, 2.45) is 0 Å². The van der Waals surface area contributed by atoms with Gasteiger partial charge >= 0.3 is 0 Å². The molecule has 1 aliphatic rings. The van der Waals surface area contributed by atoms with Crippen LogP contribution in [0.5, 0.6) is 5.75 Å². The number of carbonyl (C=O) groups is 2. The second kappa shape index (κ2) is 10.3. The van der Waals surface area contributed by atoms with E-state index in [1.807, 2.05) is 42.5 Å². The largest absolute Gasteiger partial charge is 0.488 e. The second-order valence-corrected chi connectivity index (χ2v) is 10.0. The summed E-state index contributed by atoms with van der Waals surface area (Å²) in [6, 6.07) is 20.2. The number of thioether (sulfide) groups is 1. The van der Waals surface area contributed by atoms with E-state index in [9.17, 15) is 9.59 Å². The maximum atomic E-state index is 12.8. The first-order valence-electron chi connectivity index (χ1n) is 9.55. The fourth-order valence-electron chi connectivity index (χ4n) is 3.03. The Hall–Kier alpha value is -2.00. The zero-order valence-corrected chi connectivity index (χ0v) is 21.0. The Balaban J connectivity index is 1.44. The Morgan fingerprint density at radius 3 is 2.16 bits per heavy atom. The number of amides is 2. The molecule has 1 heterocycles. The lowest BCUT2D eigenvalue weighted by atomic mass is 10.2. The van der Waals surface area contributed by atoms with Gasteiger partial charge in [-0.3, -0.25) is 14.5 Å². The molecule has 0 bridgehead atoms. The van der Waals surface area contributed by atoms with Crippen LogP contribution in [0.1, 0.15) is 16.7 Å². The third-order valence-corrected chi connectivity index (χ3v) is 6.94. The van der Waals surface area contributed by atoms with Crippen molar-refractivity contribution in [3.8, 4) is 5.75 Å². The zero-order valence-electron chi connectivity index (χ0n) is 16.6. The van der Waals surface area contributed by atoms with Gasteiger partial charge in [0.15, 0.2) is 0 Å². The lowest BCUT2D eigenvalue weighted by Gasteiger charge is -2.12. The number of carbonyl (C=O) groups excluding carboxylic acids is 2. The average molecular weight is 596 g/mol. The molecule has 8 heteroatoms. The summed E-state index contributed by atoms with van der Waals surface area (Å²) in [5.41, 5.74) is 2.68. The molecule has 1 fully saturated rings. The van der Waals surface area contributed by atoms with Gasteiger partial charge in [0.2, 0.25) is 0 Å². The van der Waals surface area contributed by atoms with Crippen LogP contribution in [0.2, 0.25) is 10.0 Å². The molecule has 0 N–H and O–H groups in total. The van der Waals surface area contributed by atoms with Gasteiger partial charge in [-0.2, -0.15) is 0 Å². The van der Waals surface area contributed by atoms with Crippen LogP contribution in [-0.2, 0) is 17.9 Å². The lowest BCUT2D eigenvalue weighted by Crippen LogP contribution is -2.27. The maximum Gasteiger partial charge on any atom is 0.293 e. The van der Waals surface area contributed by atoms with Crippen LogP contribution in [0.25, 0.3) is 6.08 Å². The molecular weight excluding hydrogens is 580 g/mol. The van der Waals surface area contributed by atoms with E-state index in [0.29, 0.717) is 21.6 Å². The molecule has 4 nitrogen and oxygen atoms in total. The fraction of sp³-hybridized carbons (Fsp3) is 0.0833. The van der Waals surface area contributed by atoms with Crippen molar-refractivity contribution in [3.63, 3.8) is 0 Å². The first-order valence-corrected chi connectivity index (χ1v) is 12.2. The number of nitrogens with zero attached hydrogens (tertiary/aromatic N) is 1. The highest BCUT2D eigenvalue weighted by Crippen LogP contribution is 2.34. The number of hydrogen-bond donors (Lipinski definition) is 0. The Morgan fingerprint density at radius 1 is 0.906 bits per heavy atom. The highest BCUT2D eigenvalue weighted by Gasteiger charge is 2.35. The molecular formula is C24H16Cl2INO3S. The molecule has 4 rings (SSSR count). The number of rotatable bonds is 6. The molecule has 0 spiro atoms. The van der Waals surface area contributed by atoms with Crippen molar-refractivity contribution in [1.29, 1.82) is 0 Å². The van der Waals surface area contributed by atoms with E-state index in [4.69, 9.17) is 27.9 Å². The number of halogens is 3. The topological polar surface area (TPSA) is 46.6 Å². The zero-order chi connectivity index (χ0) is 22.7. The normalized spacial score (nSPS) is 15.0. The lowest BCUT2D eigenvalue weighted by molar-refractivity contribution is -0.123. The Morgan fingerprint density at radius 2 is 1.53 bits per heavy atom. The summed E-state index contributed by atoms with van der Waals surface area (Å²) < 4.78 is 6.81. The highest BCUT2D eigenvalue weighted by molar-refractivity contribution is 14.1. The highest BCUT2D eigenvalue weighted by atomic mass is 127. The van der Waals surface area contributed by atoms with Gasteiger partial charge in [-0.05, 0) is 93.5 Å². The first kappa shape index (κ1) is 23.2. The van der Waals surface area contributed by atoms with Crippen molar-refractivity contribution >= 4 is 74.8 Å². The van der Waals surface area contributed by atoms with Crippen LogP contribution in [0, 0.1) is 3.57 Å². The molecule has 0 aliphatic carbocycles. The molecule has 0 radical (unpaired) electrons. The smallest absolute Gasteiger partial charge is 0.293 e. The SMILES string of the molecule is O=C1S/C(=C\c2ccc(OCc3ccc(Cl)cc3)c(I)c2)C(=O)N1Cc1ccc(Cl)cc1. The third kappa shape index (κ3) is 5.67. The van der Waals surface area contributed by atoms with Crippen LogP contribution in [0.3, 0.4) is 0 Å². The number of ether oxygens (including phenoxy) is 1. The minimum Gasteiger partial charge on any atom is -0.488 e. The van der Waals surface area contributed by atoms with E-state index < -0.39 is 0 Å². The maximum absolute atomic E-state index is 12.8. The van der Waals surface area contributed by atoms with Gasteiger partial charge in [0.25, 0.3) is 11.1 Å². The van der Waals surface area contributed by atoms with Crippen LogP contribution < -0.4 is 4.74 Å². The van der Waals surface area contributed by atoms with Crippen LogP contribution in [-0.4, -0.2) is 16.0 Å². The summed E-state index contributed by atoms with van der Waals surface area (Å²) in [6.07, 6.45) is 1.73. The van der Waals surface area contributed by atoms with Crippen molar-refractivity contribution in [3.05, 3.63) is 102 Å². The minimum atomic E-state index is -0.298. The number of hydrogen-bond acceptors (Lipinski definition) is 4. The van der Waals surface area contributed by atoms with Crippen LogP contribution >= 0.6 is 57.6 Å². The van der Waals surface area contributed by atoms with Gasteiger partial charge in [-0.15, -0.1) is 0 Å². The van der Waals surface area contributed by atoms with Crippen molar-refractivity contribution in [2.75, 3.05) is 0 Å². The summed E-state index contributed by atoms with van der Waals surface area (Å²) in [4.78, 5) is 26.8. The van der Waals surface area contributed by atoms with E-state index in [2.05, 4.69) is 22.6 Å². The molecule has 2 amide bonds. The standard InChI is InChI=1S/C24H16Cl2INO3S/c25-18-6-1-15(2-7-18)13-28-23(29)22(32-24(28)30)12-17-5-10-21(20(27)11-17)31-14-16-3-8-19(26)9-4-16/h1-12H,13-14H2/b22-12-. The monoisotopic (exact) mass is 595 g/mol. The fourth-order valence-corrected chi connectivity index (χ4v) is 4.81. The summed E-state index contributed by atoms with van der Waals surface area (Å²) >= 11 is 15.0. The van der Waals surface area contributed by atoms with Crippen LogP contribution in [0.15, 0.2) is 71.6 Å². The molecule has 162 valence electrons. The quantitative estimate of drug-likeness (QED) is 0.220. The first-order chi connectivity index (χ1) is 15.4. The van der Waals surface area contributed by atoms with Gasteiger partial charge in [-0.25, -0.2) is 0 Å². The summed E-state index contributed by atoms with van der Waals surface area (Å²) in [5.74, 6) is 0.446. The Labute approximate surface area is 213 Å². The molecule has 1 aliphatic heterocycles. The van der Waals surface area contributed by atoms with Gasteiger partial charge in [-0.1, -0.05) is 53.5 Å². The predicted molar refractivity (Wildman–Crippen MR) is 138 cm³/mol. The summed E-state index contributed by atoms with van der Waals surface area (Å²) in [6.45, 7) is 0.643. The molecule has 3 aromatic carbocycles. The molecule has 3 aromatic rings. The molecule has 0 unspecified atom stereocenters. The van der Waals surface area contributed by atoms with E-state index in [1.165, 1.54) is 4.90 Å². The third-order valence-electron chi connectivity index (χ3n) is 4.69. The van der Waals surface area contributed by atoms with Crippen molar-refractivity contribution < 1.29 is 14.3 Å². The average Bonchev–Trinajstić information content (AvgIpc) is 3.03. The van der Waals surface area contributed by atoms with E-state index in [-0.39, 0.29) is 17.7 Å². The molecule has 32 heavy (non-hydrogen) atoms. The minimum absolute atomic E-state index is 0.216. The van der Waals surface area contributed by atoms with E-state index in [0.717, 1.165) is 37.8 Å². The van der Waals surface area contributed by atoms with Crippen LogP contribution in [0.4, 0.5) is 4.79 Å². The summed E-state index contributed by atoms with van der Waals surface area (Å²) in [5, 5.41) is 1.01. The number of benzene rings is 3. The van der Waals surface area contributed by atoms with Gasteiger partial charge < -0.3 is 4.74 Å². The second-order valence-electron chi connectivity index (χ2n) is 7.00. The molecule has 0 aromatic heterocycles. The number of imide groups is 1.